The highest BCUT2D eigenvalue weighted by molar-refractivity contribution is 9.10. The topological polar surface area (TPSA) is 25.1 Å². The summed E-state index contributed by atoms with van der Waals surface area (Å²) < 4.78 is 19.5. The fourth-order valence-corrected chi connectivity index (χ4v) is 11.7. The molecule has 0 saturated carbocycles. The Bertz CT molecular complexity index is 4000. The molecular weight excluding hydrogens is 1050 g/mol. The zero-order valence-corrected chi connectivity index (χ0v) is 44.6. The lowest BCUT2D eigenvalue weighted by molar-refractivity contribution is 0.627. The van der Waals surface area contributed by atoms with Crippen molar-refractivity contribution >= 4 is 82.1 Å². The molecule has 7 heteroatoms. The van der Waals surface area contributed by atoms with Crippen molar-refractivity contribution in [3.05, 3.63) is 292 Å². The molecule has 364 valence electrons. The summed E-state index contributed by atoms with van der Waals surface area (Å²) >= 11 is 7.07. The SMILES string of the molecule is Brc1cc(-c2ccccc2)cc(N2c3ccccc3Cc3cc4c(ccn4-c4ccccc4)cc32)c1.CC1(C)c2ccccc2Nc2cc3ccn(-c4ccccc4)c3cc21.Fc1cc(Br)cc(-c2ccccc2)c1. The van der Waals surface area contributed by atoms with Crippen LogP contribution in [-0.2, 0) is 11.8 Å². The molecule has 12 aromatic rings. The molecule has 0 amide bonds. The van der Waals surface area contributed by atoms with Crippen LogP contribution in [-0.4, -0.2) is 9.13 Å². The van der Waals surface area contributed by atoms with E-state index in [1.807, 2.05) is 36.4 Å². The number of rotatable bonds is 5. The summed E-state index contributed by atoms with van der Waals surface area (Å²) in [6.07, 6.45) is 5.25. The molecule has 4 heterocycles. The molecular formula is C68H51Br2FN4. The summed E-state index contributed by atoms with van der Waals surface area (Å²) in [6, 6.07) is 84.1. The van der Waals surface area contributed by atoms with Gasteiger partial charge in [0.15, 0.2) is 0 Å². The summed E-state index contributed by atoms with van der Waals surface area (Å²) in [6.45, 7) is 4.63. The predicted molar refractivity (Wildman–Crippen MR) is 319 cm³/mol. The number of benzene rings is 10. The maximum Gasteiger partial charge on any atom is 0.124 e. The number of hydrogen-bond acceptors (Lipinski definition) is 2. The Morgan fingerprint density at radius 3 is 1.59 bits per heavy atom. The molecule has 2 aromatic heterocycles. The summed E-state index contributed by atoms with van der Waals surface area (Å²) in [7, 11) is 0. The molecule has 2 aliphatic rings. The van der Waals surface area contributed by atoms with Crippen LogP contribution in [0, 0.1) is 5.82 Å². The molecule has 0 aliphatic carbocycles. The van der Waals surface area contributed by atoms with E-state index >= 15 is 0 Å². The molecule has 0 atom stereocenters. The summed E-state index contributed by atoms with van der Waals surface area (Å²) in [4.78, 5) is 2.42. The van der Waals surface area contributed by atoms with Crippen molar-refractivity contribution in [3.8, 4) is 33.6 Å². The number of fused-ring (bicyclic) bond motifs is 6. The predicted octanol–water partition coefficient (Wildman–Crippen LogP) is 19.7. The maximum atomic E-state index is 13.1. The first-order chi connectivity index (χ1) is 36.6. The molecule has 1 N–H and O–H groups in total. The van der Waals surface area contributed by atoms with E-state index in [1.54, 1.807) is 0 Å². The second-order valence-electron chi connectivity index (χ2n) is 19.6. The molecule has 4 nitrogen and oxygen atoms in total. The van der Waals surface area contributed by atoms with E-state index in [0.717, 1.165) is 32.2 Å². The van der Waals surface area contributed by atoms with E-state index in [1.165, 1.54) is 101 Å². The number of nitrogens with one attached hydrogen (secondary N) is 1. The quantitative estimate of drug-likeness (QED) is 0.186. The lowest BCUT2D eigenvalue weighted by Gasteiger charge is -2.35. The third-order valence-corrected chi connectivity index (χ3v) is 15.3. The van der Waals surface area contributed by atoms with E-state index in [9.17, 15) is 4.39 Å². The van der Waals surface area contributed by atoms with Crippen molar-refractivity contribution < 1.29 is 4.39 Å². The molecule has 0 unspecified atom stereocenters. The first-order valence-corrected chi connectivity index (χ1v) is 26.8. The van der Waals surface area contributed by atoms with Gasteiger partial charge in [0.25, 0.3) is 0 Å². The number of halogens is 3. The first-order valence-electron chi connectivity index (χ1n) is 25.2. The average molecular weight is 1100 g/mol. The van der Waals surface area contributed by atoms with Crippen LogP contribution in [0.25, 0.3) is 55.4 Å². The van der Waals surface area contributed by atoms with Crippen LogP contribution in [0.3, 0.4) is 0 Å². The lowest BCUT2D eigenvalue weighted by atomic mass is 9.74. The Morgan fingerprint density at radius 1 is 0.413 bits per heavy atom. The van der Waals surface area contributed by atoms with Gasteiger partial charge in [0.1, 0.15) is 5.82 Å². The van der Waals surface area contributed by atoms with Crippen LogP contribution >= 0.6 is 31.9 Å². The Kier molecular flexibility index (Phi) is 12.9. The van der Waals surface area contributed by atoms with Crippen molar-refractivity contribution in [1.29, 1.82) is 0 Å². The molecule has 10 aromatic carbocycles. The van der Waals surface area contributed by atoms with Gasteiger partial charge in [0, 0.05) is 78.1 Å². The van der Waals surface area contributed by atoms with Crippen LogP contribution < -0.4 is 10.2 Å². The fourth-order valence-electron chi connectivity index (χ4n) is 10.8. The molecule has 0 fully saturated rings. The number of anilines is 5. The fraction of sp³-hybridized carbons (Fsp3) is 0.0588. The number of para-hydroxylation sites is 4. The standard InChI is InChI=1S/C33H23BrN2.C23H20N2.C12H8BrF/c34-28-18-26(23-9-3-1-4-10-23)19-30(22-28)36-31-14-8-7-11-24(31)17-27-21-32-25(20-33(27)36)15-16-35(32)29-12-5-2-6-13-29;1-23(2)18-10-6-7-11-20(18)24-21-14-16-12-13-25(22(16)15-19(21)23)17-8-4-3-5-9-17;13-11-6-10(7-12(14)8-11)9-4-2-1-3-5-9/h1-16,18-22H,17H2;3-15,24H,1-2H3;1-8H. The average Bonchev–Trinajstić information content (AvgIpc) is 4.06. The van der Waals surface area contributed by atoms with Crippen molar-refractivity contribution in [2.75, 3.05) is 10.2 Å². The smallest absolute Gasteiger partial charge is 0.124 e. The minimum atomic E-state index is -0.224. The molecule has 0 bridgehead atoms. The van der Waals surface area contributed by atoms with Gasteiger partial charge < -0.3 is 19.4 Å². The molecule has 0 radical (unpaired) electrons. The number of hydrogen-bond donors (Lipinski definition) is 1. The summed E-state index contributed by atoms with van der Waals surface area (Å²) in [5.74, 6) is -0.224. The van der Waals surface area contributed by atoms with E-state index in [0.29, 0.717) is 0 Å². The Morgan fingerprint density at radius 2 is 0.947 bits per heavy atom. The largest absolute Gasteiger partial charge is 0.355 e. The highest BCUT2D eigenvalue weighted by Gasteiger charge is 2.33. The normalized spacial score (nSPS) is 12.7. The second-order valence-corrected chi connectivity index (χ2v) is 21.4. The Labute approximate surface area is 454 Å². The van der Waals surface area contributed by atoms with Crippen LogP contribution in [0.15, 0.2) is 264 Å². The number of aromatic nitrogens is 2. The van der Waals surface area contributed by atoms with Crippen molar-refractivity contribution in [2.24, 2.45) is 0 Å². The molecule has 75 heavy (non-hydrogen) atoms. The van der Waals surface area contributed by atoms with Gasteiger partial charge in [-0.1, -0.05) is 179 Å². The third-order valence-electron chi connectivity index (χ3n) is 14.4. The second kappa shape index (κ2) is 20.2. The van der Waals surface area contributed by atoms with Gasteiger partial charge in [-0.25, -0.2) is 4.39 Å². The Balaban J connectivity index is 0.000000126. The molecule has 14 rings (SSSR count). The monoisotopic (exact) mass is 1100 g/mol. The third kappa shape index (κ3) is 9.50. The number of nitrogens with zero attached hydrogens (tertiary/aromatic N) is 3. The van der Waals surface area contributed by atoms with Crippen molar-refractivity contribution in [3.63, 3.8) is 0 Å². The van der Waals surface area contributed by atoms with E-state index in [4.69, 9.17) is 0 Å². The van der Waals surface area contributed by atoms with E-state index in [-0.39, 0.29) is 11.2 Å². The molecule has 0 saturated heterocycles. The summed E-state index contributed by atoms with van der Waals surface area (Å²) in [5.41, 5.74) is 20.5. The van der Waals surface area contributed by atoms with Gasteiger partial charge in [-0.05, 0) is 154 Å². The van der Waals surface area contributed by atoms with Gasteiger partial charge >= 0.3 is 0 Å². The molecule has 2 aliphatic heterocycles. The van der Waals surface area contributed by atoms with E-state index < -0.39 is 0 Å². The van der Waals surface area contributed by atoms with Gasteiger partial charge in [0.2, 0.25) is 0 Å². The van der Waals surface area contributed by atoms with Gasteiger partial charge in [0.05, 0.1) is 16.7 Å². The maximum absolute atomic E-state index is 13.1. The minimum Gasteiger partial charge on any atom is -0.355 e. The van der Waals surface area contributed by atoms with Crippen molar-refractivity contribution in [1.82, 2.24) is 9.13 Å². The first kappa shape index (κ1) is 47.8. The van der Waals surface area contributed by atoms with Gasteiger partial charge in [-0.15, -0.1) is 0 Å². The van der Waals surface area contributed by atoms with Gasteiger partial charge in [-0.2, -0.15) is 0 Å². The van der Waals surface area contributed by atoms with Crippen LogP contribution in [0.4, 0.5) is 32.8 Å². The van der Waals surface area contributed by atoms with Crippen LogP contribution in [0.5, 0.6) is 0 Å². The zero-order valence-electron chi connectivity index (χ0n) is 41.4. The van der Waals surface area contributed by atoms with Crippen LogP contribution in [0.2, 0.25) is 0 Å². The zero-order chi connectivity index (χ0) is 51.0. The van der Waals surface area contributed by atoms with E-state index in [2.05, 4.69) is 272 Å². The minimum absolute atomic E-state index is 0.0306. The highest BCUT2D eigenvalue weighted by atomic mass is 79.9. The highest BCUT2D eigenvalue weighted by Crippen LogP contribution is 2.48. The van der Waals surface area contributed by atoms with Crippen LogP contribution in [0.1, 0.15) is 36.1 Å². The van der Waals surface area contributed by atoms with Crippen molar-refractivity contribution in [2.45, 2.75) is 25.7 Å². The Hall–Kier alpha value is -8.23. The summed E-state index contributed by atoms with van der Waals surface area (Å²) in [5, 5.41) is 6.12. The molecule has 0 spiro atoms. The lowest BCUT2D eigenvalue weighted by Crippen LogP contribution is -2.25. The van der Waals surface area contributed by atoms with Gasteiger partial charge in [-0.3, -0.25) is 0 Å².